The van der Waals surface area contributed by atoms with Crippen molar-refractivity contribution >= 4 is 35.2 Å². The molecule has 0 aromatic carbocycles. The van der Waals surface area contributed by atoms with E-state index in [9.17, 15) is 29.6 Å². The van der Waals surface area contributed by atoms with Crippen LogP contribution in [0.25, 0.3) is 0 Å². The Morgan fingerprint density at radius 1 is 1.46 bits per heavy atom. The molecule has 1 saturated heterocycles. The number of rotatable bonds is 4. The number of amides is 2. The Labute approximate surface area is 173 Å². The number of hydrogen-bond donors (Lipinski definition) is 1. The van der Waals surface area contributed by atoms with Crippen molar-refractivity contribution < 1.29 is 54.0 Å². The molecule has 1 aromatic heterocycles. The van der Waals surface area contributed by atoms with Crippen LogP contribution >= 0.6 is 11.8 Å². The van der Waals surface area contributed by atoms with Crippen LogP contribution in [-0.2, 0) is 16.6 Å². The molecule has 2 aliphatic rings. The molecular formula is C13H12N5NaO6S. The molecule has 0 saturated carbocycles. The molecule has 1 aromatic rings. The number of aryl methyl sites for hydroxylation is 1. The molecule has 2 atom stereocenters. The Bertz CT molecular complexity index is 852. The second-order valence-electron chi connectivity index (χ2n) is 5.57. The van der Waals surface area contributed by atoms with Crippen LogP contribution in [0.2, 0.25) is 0 Å². The van der Waals surface area contributed by atoms with Crippen molar-refractivity contribution in [3.8, 4) is 0 Å². The van der Waals surface area contributed by atoms with Gasteiger partial charge in [-0.3, -0.25) is 29.3 Å². The second-order valence-corrected chi connectivity index (χ2v) is 6.68. The maximum atomic E-state index is 12.3. The van der Waals surface area contributed by atoms with E-state index in [0.29, 0.717) is 11.3 Å². The molecule has 0 spiro atoms. The molecule has 0 aliphatic carbocycles. The first-order valence-corrected chi connectivity index (χ1v) is 8.12. The summed E-state index contributed by atoms with van der Waals surface area (Å²) < 4.78 is 1.12. The number of nitrogens with one attached hydrogen (secondary N) is 1. The molecule has 2 aliphatic heterocycles. The van der Waals surface area contributed by atoms with E-state index in [0.717, 1.165) is 15.8 Å². The molecule has 0 radical (unpaired) electrons. The average molecular weight is 389 g/mol. The Hall–Kier alpha value is -1.89. The Balaban J connectivity index is 0.00000243. The number of carboxylic acid groups (broad SMARTS) is 1. The van der Waals surface area contributed by atoms with Crippen LogP contribution in [0.4, 0.5) is 5.69 Å². The van der Waals surface area contributed by atoms with Crippen molar-refractivity contribution in [2.75, 3.05) is 5.75 Å². The fourth-order valence-corrected chi connectivity index (χ4v) is 4.04. The van der Waals surface area contributed by atoms with Gasteiger partial charge in [0.1, 0.15) is 17.6 Å². The van der Waals surface area contributed by atoms with Crippen molar-refractivity contribution in [1.82, 2.24) is 20.0 Å². The summed E-state index contributed by atoms with van der Waals surface area (Å²) in [4.78, 5) is 47.1. The van der Waals surface area contributed by atoms with Crippen molar-refractivity contribution in [1.29, 1.82) is 0 Å². The average Bonchev–Trinajstić information content (AvgIpc) is 2.94. The number of fused-ring (bicyclic) bond motifs is 1. The number of β-lactam (4-membered cyclic amide) rings is 1. The smallest absolute Gasteiger partial charge is 0.543 e. The fourth-order valence-electron chi connectivity index (χ4n) is 2.74. The standard InChI is InChI=1S/C13H13N5O6S.Na/c1-5-4-25-12-8(11(20)17(12)9(5)13(21)22)14-10(19)7-6(18(23)24)3-16(2)15-7;/h3,8,12H,4H2,1-2H3,(H,14,19)(H,21,22);/q;+1/p-1. The minimum atomic E-state index is -1.46. The quantitative estimate of drug-likeness (QED) is 0.234. The molecule has 0 bridgehead atoms. The van der Waals surface area contributed by atoms with Crippen LogP contribution in [0.1, 0.15) is 17.4 Å². The van der Waals surface area contributed by atoms with Gasteiger partial charge in [0.2, 0.25) is 5.69 Å². The molecule has 3 heterocycles. The van der Waals surface area contributed by atoms with E-state index >= 15 is 0 Å². The van der Waals surface area contributed by atoms with Crippen molar-refractivity contribution in [2.45, 2.75) is 18.3 Å². The molecule has 1 N–H and O–H groups in total. The number of carbonyl (C=O) groups excluding carboxylic acids is 3. The fraction of sp³-hybridized carbons (Fsp3) is 0.385. The van der Waals surface area contributed by atoms with Gasteiger partial charge in [-0.15, -0.1) is 11.8 Å². The molecular weight excluding hydrogens is 377 g/mol. The zero-order chi connectivity index (χ0) is 18.5. The summed E-state index contributed by atoms with van der Waals surface area (Å²) >= 11 is 1.29. The number of thioether (sulfide) groups is 1. The first-order chi connectivity index (χ1) is 11.7. The summed E-state index contributed by atoms with van der Waals surface area (Å²) in [6, 6.07) is -0.985. The summed E-state index contributed by atoms with van der Waals surface area (Å²) in [6.45, 7) is 1.59. The Kier molecular flexibility index (Phi) is 5.80. The molecule has 13 heteroatoms. The van der Waals surface area contributed by atoms with E-state index in [1.54, 1.807) is 6.92 Å². The van der Waals surface area contributed by atoms with Gasteiger partial charge in [0.15, 0.2) is 0 Å². The van der Waals surface area contributed by atoms with Gasteiger partial charge in [-0.05, 0) is 12.5 Å². The van der Waals surface area contributed by atoms with Crippen LogP contribution in [-0.4, -0.2) is 54.6 Å². The van der Waals surface area contributed by atoms with Gasteiger partial charge >= 0.3 is 35.2 Å². The molecule has 26 heavy (non-hydrogen) atoms. The van der Waals surface area contributed by atoms with Gasteiger partial charge in [0.25, 0.3) is 11.8 Å². The Morgan fingerprint density at radius 3 is 2.69 bits per heavy atom. The van der Waals surface area contributed by atoms with E-state index in [-0.39, 0.29) is 35.3 Å². The normalized spacial score (nSPS) is 21.5. The molecule has 132 valence electrons. The number of nitrogens with zero attached hydrogens (tertiary/aromatic N) is 4. The molecule has 2 unspecified atom stereocenters. The number of nitro groups is 1. The van der Waals surface area contributed by atoms with Crippen molar-refractivity contribution in [3.05, 3.63) is 33.3 Å². The number of hydrogen-bond acceptors (Lipinski definition) is 8. The van der Waals surface area contributed by atoms with E-state index in [2.05, 4.69) is 10.4 Å². The maximum Gasteiger partial charge on any atom is 1.00 e. The summed E-state index contributed by atoms with van der Waals surface area (Å²) in [6.07, 6.45) is 1.08. The van der Waals surface area contributed by atoms with E-state index in [1.165, 1.54) is 18.8 Å². The van der Waals surface area contributed by atoms with Crippen LogP contribution in [0, 0.1) is 10.1 Å². The zero-order valence-electron chi connectivity index (χ0n) is 14.1. The van der Waals surface area contributed by atoms with E-state index < -0.39 is 45.5 Å². The third kappa shape index (κ3) is 3.24. The molecule has 3 rings (SSSR count). The molecule has 1 fully saturated rings. The minimum absolute atomic E-state index is 0. The van der Waals surface area contributed by atoms with Gasteiger partial charge in [-0.2, -0.15) is 5.10 Å². The van der Waals surface area contributed by atoms with E-state index in [1.807, 2.05) is 0 Å². The monoisotopic (exact) mass is 389 g/mol. The Morgan fingerprint density at radius 2 is 2.12 bits per heavy atom. The van der Waals surface area contributed by atoms with Crippen LogP contribution in [0.15, 0.2) is 17.5 Å². The third-order valence-electron chi connectivity index (χ3n) is 3.86. The summed E-state index contributed by atoms with van der Waals surface area (Å²) in [5, 5.41) is 27.7. The predicted molar refractivity (Wildman–Crippen MR) is 81.9 cm³/mol. The van der Waals surface area contributed by atoms with Gasteiger partial charge in [0, 0.05) is 12.8 Å². The van der Waals surface area contributed by atoms with Gasteiger partial charge in [-0.1, -0.05) is 0 Å². The number of aliphatic carboxylic acids is 1. The van der Waals surface area contributed by atoms with E-state index in [4.69, 9.17) is 0 Å². The minimum Gasteiger partial charge on any atom is -0.543 e. The van der Waals surface area contributed by atoms with Crippen LogP contribution in [0.5, 0.6) is 0 Å². The predicted octanol–water partition coefficient (Wildman–Crippen LogP) is -4.63. The zero-order valence-corrected chi connectivity index (χ0v) is 16.9. The van der Waals surface area contributed by atoms with Gasteiger partial charge in [-0.25, -0.2) is 0 Å². The maximum absolute atomic E-state index is 12.3. The molecule has 2 amide bonds. The first-order valence-electron chi connectivity index (χ1n) is 7.07. The summed E-state index contributed by atoms with van der Waals surface area (Å²) in [7, 11) is 1.43. The van der Waals surface area contributed by atoms with Crippen LogP contribution in [0.3, 0.4) is 0 Å². The number of aromatic nitrogens is 2. The SMILES string of the molecule is CC1=C(C(=O)[O-])N2C(=O)C(NC(=O)c3nn(C)cc3[N+](=O)[O-])C2SC1.[Na+]. The summed E-state index contributed by atoms with van der Waals surface area (Å²) in [5.41, 5.74) is -0.583. The van der Waals surface area contributed by atoms with Crippen molar-refractivity contribution in [3.63, 3.8) is 0 Å². The molecule has 11 nitrogen and oxygen atoms in total. The first kappa shape index (κ1) is 20.4. The van der Waals surface area contributed by atoms with Gasteiger partial charge < -0.3 is 15.2 Å². The largest absolute Gasteiger partial charge is 1.00 e. The van der Waals surface area contributed by atoms with Crippen LogP contribution < -0.4 is 40.0 Å². The second kappa shape index (κ2) is 7.39. The topological polar surface area (TPSA) is 150 Å². The van der Waals surface area contributed by atoms with Crippen molar-refractivity contribution in [2.24, 2.45) is 7.05 Å². The van der Waals surface area contributed by atoms with Gasteiger partial charge in [0.05, 0.1) is 16.6 Å². The number of carboxylic acids is 1. The number of carbonyl (C=O) groups is 3. The summed E-state index contributed by atoms with van der Waals surface area (Å²) in [5.74, 6) is -2.57. The third-order valence-corrected chi connectivity index (χ3v) is 5.28.